The number of amides is 1. The number of rotatable bonds is 7. The van der Waals surface area contributed by atoms with Gasteiger partial charge >= 0.3 is 5.97 Å². The molecule has 0 heterocycles. The molecule has 4 aromatic carbocycles. The van der Waals surface area contributed by atoms with Crippen LogP contribution in [0.5, 0.6) is 0 Å². The largest absolute Gasteiger partial charge is 0.480 e. The highest BCUT2D eigenvalue weighted by Crippen LogP contribution is 2.33. The number of carbonyl (C=O) groups excluding carboxylic acids is 1. The molecule has 2 atom stereocenters. The summed E-state index contributed by atoms with van der Waals surface area (Å²) < 4.78 is 0. The third-order valence-corrected chi connectivity index (χ3v) is 6.31. The zero-order chi connectivity index (χ0) is 24.9. The van der Waals surface area contributed by atoms with Gasteiger partial charge in [0, 0.05) is 18.5 Å². The summed E-state index contributed by atoms with van der Waals surface area (Å²) in [4.78, 5) is 27.5. The first-order chi connectivity index (χ1) is 16.8. The van der Waals surface area contributed by atoms with E-state index >= 15 is 0 Å². The molecule has 4 rings (SSSR count). The first kappa shape index (κ1) is 24.0. The van der Waals surface area contributed by atoms with Crippen molar-refractivity contribution in [2.24, 2.45) is 0 Å². The van der Waals surface area contributed by atoms with Crippen LogP contribution in [0.25, 0.3) is 11.1 Å². The van der Waals surface area contributed by atoms with Gasteiger partial charge in [-0.3, -0.25) is 4.79 Å². The van der Waals surface area contributed by atoms with E-state index in [0.717, 1.165) is 33.4 Å². The standard InChI is InChI=1S/C31H29NO3/c1-21-18-22(2)20-27(19-21)30(33)32(3)29(31(34)35)28(25-12-8-5-9-13-25)26-16-14-24(15-17-26)23-10-6-4-7-11-23/h4-20,28-29H,1-3H3,(H,34,35)/t28?,29-/m0/s1. The number of hydrogen-bond acceptors (Lipinski definition) is 2. The number of aryl methyl sites for hydroxylation is 2. The minimum Gasteiger partial charge on any atom is -0.480 e. The van der Waals surface area contributed by atoms with Gasteiger partial charge in [0.15, 0.2) is 0 Å². The lowest BCUT2D eigenvalue weighted by Crippen LogP contribution is -2.46. The Bertz CT molecular complexity index is 1290. The molecule has 4 aromatic rings. The van der Waals surface area contributed by atoms with Gasteiger partial charge in [-0.15, -0.1) is 0 Å². The molecule has 176 valence electrons. The number of nitrogens with zero attached hydrogens (tertiary/aromatic N) is 1. The predicted octanol–water partition coefficient (Wildman–Crippen LogP) is 6.33. The maximum atomic E-state index is 13.5. The highest BCUT2D eigenvalue weighted by atomic mass is 16.4. The van der Waals surface area contributed by atoms with Crippen LogP contribution >= 0.6 is 0 Å². The van der Waals surface area contributed by atoms with Crippen LogP contribution in [0.2, 0.25) is 0 Å². The topological polar surface area (TPSA) is 57.6 Å². The molecule has 0 aliphatic heterocycles. The molecule has 1 amide bonds. The minimum absolute atomic E-state index is 0.314. The maximum absolute atomic E-state index is 13.5. The van der Waals surface area contributed by atoms with Gasteiger partial charge < -0.3 is 10.0 Å². The van der Waals surface area contributed by atoms with Gasteiger partial charge in [-0.05, 0) is 48.2 Å². The second-order valence-electron chi connectivity index (χ2n) is 8.95. The van der Waals surface area contributed by atoms with Crippen molar-refractivity contribution in [2.75, 3.05) is 7.05 Å². The van der Waals surface area contributed by atoms with E-state index in [1.807, 2.05) is 105 Å². The normalized spacial score (nSPS) is 12.5. The van der Waals surface area contributed by atoms with Crippen molar-refractivity contribution in [1.29, 1.82) is 0 Å². The maximum Gasteiger partial charge on any atom is 0.327 e. The molecule has 1 unspecified atom stereocenters. The van der Waals surface area contributed by atoms with Crippen LogP contribution in [-0.2, 0) is 4.79 Å². The van der Waals surface area contributed by atoms with Crippen molar-refractivity contribution in [3.8, 4) is 11.1 Å². The second-order valence-corrected chi connectivity index (χ2v) is 8.95. The fraction of sp³-hybridized carbons (Fsp3) is 0.161. The second kappa shape index (κ2) is 10.4. The number of hydrogen-bond donors (Lipinski definition) is 1. The van der Waals surface area contributed by atoms with E-state index < -0.39 is 17.9 Å². The Hall–Kier alpha value is -4.18. The summed E-state index contributed by atoms with van der Waals surface area (Å²) in [5, 5.41) is 10.4. The van der Waals surface area contributed by atoms with Gasteiger partial charge in [-0.25, -0.2) is 4.79 Å². The average Bonchev–Trinajstić information content (AvgIpc) is 2.87. The SMILES string of the molecule is Cc1cc(C)cc(C(=O)N(C)[C@H](C(=O)O)C(c2ccccc2)c2ccc(-c3ccccc3)cc2)c1. The number of benzene rings is 4. The summed E-state index contributed by atoms with van der Waals surface area (Å²) in [7, 11) is 1.58. The van der Waals surface area contributed by atoms with E-state index in [2.05, 4.69) is 0 Å². The third-order valence-electron chi connectivity index (χ3n) is 6.31. The molecular weight excluding hydrogens is 434 g/mol. The number of carboxylic acid groups (broad SMARTS) is 1. The van der Waals surface area contributed by atoms with Crippen LogP contribution in [0.3, 0.4) is 0 Å². The number of carboxylic acids is 1. The lowest BCUT2D eigenvalue weighted by molar-refractivity contribution is -0.142. The van der Waals surface area contributed by atoms with Crippen molar-refractivity contribution in [3.63, 3.8) is 0 Å². The van der Waals surface area contributed by atoms with Crippen LogP contribution in [0.4, 0.5) is 0 Å². The lowest BCUT2D eigenvalue weighted by atomic mass is 9.83. The first-order valence-corrected chi connectivity index (χ1v) is 11.6. The molecule has 1 N–H and O–H groups in total. The molecule has 0 bridgehead atoms. The number of likely N-dealkylation sites (N-methyl/N-ethyl adjacent to an activating group) is 1. The van der Waals surface area contributed by atoms with E-state index in [1.165, 1.54) is 4.90 Å². The van der Waals surface area contributed by atoms with Gasteiger partial charge in [0.05, 0.1) is 0 Å². The molecule has 0 radical (unpaired) electrons. The zero-order valence-corrected chi connectivity index (χ0v) is 20.2. The highest BCUT2D eigenvalue weighted by Gasteiger charge is 2.37. The summed E-state index contributed by atoms with van der Waals surface area (Å²) in [5.74, 6) is -1.91. The van der Waals surface area contributed by atoms with E-state index in [9.17, 15) is 14.7 Å². The summed E-state index contributed by atoms with van der Waals surface area (Å²) in [6, 6.07) is 32.0. The first-order valence-electron chi connectivity index (χ1n) is 11.6. The molecule has 0 aromatic heterocycles. The van der Waals surface area contributed by atoms with Crippen molar-refractivity contribution >= 4 is 11.9 Å². The number of carbonyl (C=O) groups is 2. The Morgan fingerprint density at radius 1 is 0.686 bits per heavy atom. The monoisotopic (exact) mass is 463 g/mol. The van der Waals surface area contributed by atoms with Gasteiger partial charge in [0.25, 0.3) is 5.91 Å². The van der Waals surface area contributed by atoms with E-state index in [0.29, 0.717) is 5.56 Å². The van der Waals surface area contributed by atoms with E-state index in [-0.39, 0.29) is 5.91 Å². The van der Waals surface area contributed by atoms with Crippen LogP contribution in [0, 0.1) is 13.8 Å². The van der Waals surface area contributed by atoms with Crippen molar-refractivity contribution in [1.82, 2.24) is 4.90 Å². The van der Waals surface area contributed by atoms with E-state index in [4.69, 9.17) is 0 Å². The summed E-state index contributed by atoms with van der Waals surface area (Å²) in [6.07, 6.45) is 0. The van der Waals surface area contributed by atoms with Crippen LogP contribution < -0.4 is 0 Å². The van der Waals surface area contributed by atoms with Gasteiger partial charge in [0.2, 0.25) is 0 Å². The fourth-order valence-corrected chi connectivity index (χ4v) is 4.69. The Labute approximate surface area is 206 Å². The van der Waals surface area contributed by atoms with Gasteiger partial charge in [-0.2, -0.15) is 0 Å². The number of aliphatic carboxylic acids is 1. The summed E-state index contributed by atoms with van der Waals surface area (Å²) >= 11 is 0. The fourth-order valence-electron chi connectivity index (χ4n) is 4.69. The molecule has 4 nitrogen and oxygen atoms in total. The Morgan fingerprint density at radius 2 is 1.17 bits per heavy atom. The molecule has 0 aliphatic carbocycles. The van der Waals surface area contributed by atoms with Crippen LogP contribution in [0.15, 0.2) is 103 Å². The lowest BCUT2D eigenvalue weighted by Gasteiger charge is -2.32. The van der Waals surface area contributed by atoms with Crippen molar-refractivity contribution in [2.45, 2.75) is 25.8 Å². The van der Waals surface area contributed by atoms with Crippen LogP contribution in [-0.4, -0.2) is 35.0 Å². The molecule has 0 spiro atoms. The van der Waals surface area contributed by atoms with E-state index in [1.54, 1.807) is 19.2 Å². The third kappa shape index (κ3) is 5.33. The molecule has 35 heavy (non-hydrogen) atoms. The summed E-state index contributed by atoms with van der Waals surface area (Å²) in [5.41, 5.74) is 6.23. The average molecular weight is 464 g/mol. The Morgan fingerprint density at radius 3 is 1.71 bits per heavy atom. The quantitative estimate of drug-likeness (QED) is 0.349. The molecule has 0 aliphatic rings. The Balaban J connectivity index is 1.76. The molecule has 4 heteroatoms. The van der Waals surface area contributed by atoms with Crippen LogP contribution in [0.1, 0.15) is 38.5 Å². The smallest absolute Gasteiger partial charge is 0.327 e. The molecule has 0 fully saturated rings. The van der Waals surface area contributed by atoms with Gasteiger partial charge in [-0.1, -0.05) is 102 Å². The molecule has 0 saturated carbocycles. The van der Waals surface area contributed by atoms with Crippen molar-refractivity contribution in [3.05, 3.63) is 131 Å². The highest BCUT2D eigenvalue weighted by molar-refractivity contribution is 5.97. The zero-order valence-electron chi connectivity index (χ0n) is 20.2. The van der Waals surface area contributed by atoms with Crippen molar-refractivity contribution < 1.29 is 14.7 Å². The van der Waals surface area contributed by atoms with Gasteiger partial charge in [0.1, 0.15) is 6.04 Å². The Kier molecular flexibility index (Phi) is 7.11. The summed E-state index contributed by atoms with van der Waals surface area (Å²) in [6.45, 7) is 3.86. The predicted molar refractivity (Wildman–Crippen MR) is 140 cm³/mol. The molecule has 0 saturated heterocycles. The minimum atomic E-state index is -1.09. The molecular formula is C31H29NO3.